The second-order valence-corrected chi connectivity index (χ2v) is 8.74. The highest BCUT2D eigenvalue weighted by Gasteiger charge is 2.46. The maximum Gasteiger partial charge on any atom is 0.295 e. The van der Waals surface area contributed by atoms with Crippen LogP contribution in [0.2, 0.25) is 0 Å². The van der Waals surface area contributed by atoms with Crippen LogP contribution in [0.4, 0.5) is 0 Å². The zero-order valence-corrected chi connectivity index (χ0v) is 20.3. The molecule has 1 fully saturated rings. The lowest BCUT2D eigenvalue weighted by molar-refractivity contribution is -0.139. The highest BCUT2D eigenvalue weighted by Crippen LogP contribution is 2.42. The zero-order valence-electron chi connectivity index (χ0n) is 20.3. The number of likely N-dealkylation sites (tertiary alicyclic amines) is 1. The van der Waals surface area contributed by atoms with E-state index in [0.717, 1.165) is 29.5 Å². The molecular formula is C27H33NO5. The van der Waals surface area contributed by atoms with Crippen LogP contribution in [-0.2, 0) is 9.59 Å². The third-order valence-electron chi connectivity index (χ3n) is 5.74. The molecule has 3 rings (SSSR count). The molecule has 2 aromatic rings. The fourth-order valence-corrected chi connectivity index (χ4v) is 4.33. The van der Waals surface area contributed by atoms with Crippen LogP contribution < -0.4 is 9.47 Å². The van der Waals surface area contributed by atoms with Gasteiger partial charge in [0, 0.05) is 6.54 Å². The summed E-state index contributed by atoms with van der Waals surface area (Å²) >= 11 is 0. The van der Waals surface area contributed by atoms with Crippen LogP contribution in [0.5, 0.6) is 11.5 Å². The molecule has 2 aromatic carbocycles. The first-order valence-electron chi connectivity index (χ1n) is 11.4. The number of benzene rings is 2. The summed E-state index contributed by atoms with van der Waals surface area (Å²) in [4.78, 5) is 27.8. The second kappa shape index (κ2) is 10.1. The van der Waals surface area contributed by atoms with E-state index in [1.807, 2.05) is 65.0 Å². The molecule has 6 nitrogen and oxygen atoms in total. The molecule has 176 valence electrons. The molecule has 1 aliphatic rings. The van der Waals surface area contributed by atoms with Crippen molar-refractivity contribution in [2.45, 2.75) is 59.6 Å². The van der Waals surface area contributed by atoms with E-state index in [2.05, 4.69) is 0 Å². The van der Waals surface area contributed by atoms with Crippen molar-refractivity contribution in [3.05, 3.63) is 64.2 Å². The minimum Gasteiger partial charge on any atom is -0.507 e. The van der Waals surface area contributed by atoms with Crippen LogP contribution in [0, 0.1) is 13.8 Å². The minimum atomic E-state index is -0.685. The second-order valence-electron chi connectivity index (χ2n) is 8.74. The van der Waals surface area contributed by atoms with Crippen LogP contribution >= 0.6 is 0 Å². The molecule has 1 aliphatic heterocycles. The number of nitrogens with zero attached hydrogens (tertiary/aromatic N) is 1. The molecule has 1 heterocycles. The number of rotatable bonds is 8. The van der Waals surface area contributed by atoms with Crippen molar-refractivity contribution in [2.75, 3.05) is 13.7 Å². The average molecular weight is 452 g/mol. The third-order valence-corrected chi connectivity index (χ3v) is 5.74. The number of ketones is 1. The number of methoxy groups -OCH3 is 1. The van der Waals surface area contributed by atoms with Crippen molar-refractivity contribution < 1.29 is 24.2 Å². The molecule has 1 unspecified atom stereocenters. The molecule has 0 saturated carbocycles. The lowest BCUT2D eigenvalue weighted by Gasteiger charge is -2.25. The van der Waals surface area contributed by atoms with E-state index >= 15 is 0 Å². The first kappa shape index (κ1) is 24.4. The first-order chi connectivity index (χ1) is 15.7. The van der Waals surface area contributed by atoms with Crippen molar-refractivity contribution in [1.29, 1.82) is 0 Å². The maximum atomic E-state index is 13.2. The Hall–Kier alpha value is -3.28. The van der Waals surface area contributed by atoms with E-state index in [1.54, 1.807) is 11.0 Å². The number of carbonyl (C=O) groups is 2. The number of amides is 1. The molecule has 6 heteroatoms. The van der Waals surface area contributed by atoms with Crippen molar-refractivity contribution in [2.24, 2.45) is 0 Å². The molecule has 0 spiro atoms. The van der Waals surface area contributed by atoms with Gasteiger partial charge in [-0.15, -0.1) is 0 Å². The summed E-state index contributed by atoms with van der Waals surface area (Å²) in [5.41, 5.74) is 2.99. The van der Waals surface area contributed by atoms with Gasteiger partial charge in [0.1, 0.15) is 17.3 Å². The number of Topliss-reactive ketones (excluding diaryl/α,β-unsaturated/α-hetero) is 1. The molecule has 1 amide bonds. The Bertz CT molecular complexity index is 1070. The number of aryl methyl sites for hydroxylation is 2. The van der Waals surface area contributed by atoms with E-state index in [9.17, 15) is 14.7 Å². The van der Waals surface area contributed by atoms with Gasteiger partial charge in [-0.25, -0.2) is 0 Å². The average Bonchev–Trinajstić information content (AvgIpc) is 3.01. The number of aliphatic hydroxyl groups is 1. The van der Waals surface area contributed by atoms with Gasteiger partial charge in [-0.3, -0.25) is 9.59 Å². The number of ether oxygens (including phenoxy) is 2. The largest absolute Gasteiger partial charge is 0.507 e. The van der Waals surface area contributed by atoms with Gasteiger partial charge in [0.25, 0.3) is 11.7 Å². The van der Waals surface area contributed by atoms with Crippen molar-refractivity contribution in [3.8, 4) is 11.5 Å². The molecule has 0 radical (unpaired) electrons. The van der Waals surface area contributed by atoms with Crippen LogP contribution in [0.25, 0.3) is 5.76 Å². The van der Waals surface area contributed by atoms with E-state index in [4.69, 9.17) is 9.47 Å². The third kappa shape index (κ3) is 4.90. The highest BCUT2D eigenvalue weighted by atomic mass is 16.5. The summed E-state index contributed by atoms with van der Waals surface area (Å²) in [6.45, 7) is 10.2. The summed E-state index contributed by atoms with van der Waals surface area (Å²) in [5, 5.41) is 11.4. The molecule has 0 bridgehead atoms. The standard InChI is InChI=1S/C27H33NO5/c1-7-8-13-28-23(19-9-11-20(12-10-19)33-16(2)3)22(25(30)27(28)31)24(29)21-15-17(4)14-18(5)26(21)32-6/h9-12,14-16,23,29H,7-8,13H2,1-6H3/b24-22+. The molecule has 0 aliphatic carbocycles. The Morgan fingerprint density at radius 3 is 2.36 bits per heavy atom. The van der Waals surface area contributed by atoms with Gasteiger partial charge < -0.3 is 19.5 Å². The van der Waals surface area contributed by atoms with Crippen molar-refractivity contribution in [3.63, 3.8) is 0 Å². The van der Waals surface area contributed by atoms with E-state index < -0.39 is 17.7 Å². The Morgan fingerprint density at radius 1 is 1.12 bits per heavy atom. The minimum absolute atomic E-state index is 0.0306. The SMILES string of the molecule is CCCCN1C(=O)C(=O)/C(=C(/O)c2cc(C)cc(C)c2OC)C1c1ccc(OC(C)C)cc1. The highest BCUT2D eigenvalue weighted by molar-refractivity contribution is 6.46. The molecule has 1 N–H and O–H groups in total. The summed E-state index contributed by atoms with van der Waals surface area (Å²) in [7, 11) is 1.53. The molecule has 0 aromatic heterocycles. The number of carbonyl (C=O) groups excluding carboxylic acids is 2. The van der Waals surface area contributed by atoms with Gasteiger partial charge in [-0.1, -0.05) is 31.5 Å². The quantitative estimate of drug-likeness (QED) is 0.334. The van der Waals surface area contributed by atoms with Gasteiger partial charge in [0.2, 0.25) is 0 Å². The van der Waals surface area contributed by atoms with Crippen LogP contribution in [-0.4, -0.2) is 41.5 Å². The van der Waals surface area contributed by atoms with E-state index in [-0.39, 0.29) is 17.4 Å². The van der Waals surface area contributed by atoms with Gasteiger partial charge in [0.15, 0.2) is 0 Å². The Morgan fingerprint density at radius 2 is 1.79 bits per heavy atom. The lowest BCUT2D eigenvalue weighted by Crippen LogP contribution is -2.30. The molecule has 33 heavy (non-hydrogen) atoms. The van der Waals surface area contributed by atoms with Crippen LogP contribution in [0.15, 0.2) is 42.0 Å². The van der Waals surface area contributed by atoms with E-state index in [1.165, 1.54) is 7.11 Å². The smallest absolute Gasteiger partial charge is 0.295 e. The molecule has 1 atom stereocenters. The number of hydrogen-bond acceptors (Lipinski definition) is 5. The number of aliphatic hydroxyl groups excluding tert-OH is 1. The van der Waals surface area contributed by atoms with Gasteiger partial charge in [-0.05, 0) is 69.0 Å². The number of hydrogen-bond donors (Lipinski definition) is 1. The van der Waals surface area contributed by atoms with E-state index in [0.29, 0.717) is 23.6 Å². The van der Waals surface area contributed by atoms with Gasteiger partial charge in [-0.2, -0.15) is 0 Å². The Labute approximate surface area is 195 Å². The predicted molar refractivity (Wildman–Crippen MR) is 129 cm³/mol. The molecule has 1 saturated heterocycles. The van der Waals surface area contributed by atoms with Crippen LogP contribution in [0.3, 0.4) is 0 Å². The van der Waals surface area contributed by atoms with Gasteiger partial charge >= 0.3 is 0 Å². The summed E-state index contributed by atoms with van der Waals surface area (Å²) < 4.78 is 11.3. The number of unbranched alkanes of at least 4 members (excludes halogenated alkanes) is 1. The van der Waals surface area contributed by atoms with Gasteiger partial charge in [0.05, 0.1) is 30.4 Å². The normalized spacial score (nSPS) is 17.7. The fraction of sp³-hybridized carbons (Fsp3) is 0.407. The first-order valence-corrected chi connectivity index (χ1v) is 11.4. The monoisotopic (exact) mass is 451 g/mol. The Kier molecular flexibility index (Phi) is 7.46. The van der Waals surface area contributed by atoms with Crippen LogP contribution in [0.1, 0.15) is 61.9 Å². The van der Waals surface area contributed by atoms with Crippen molar-refractivity contribution >= 4 is 17.4 Å². The van der Waals surface area contributed by atoms with Crippen molar-refractivity contribution in [1.82, 2.24) is 4.90 Å². The molecular weight excluding hydrogens is 418 g/mol. The summed E-state index contributed by atoms with van der Waals surface area (Å²) in [6.07, 6.45) is 1.66. The topological polar surface area (TPSA) is 76.1 Å². The summed E-state index contributed by atoms with van der Waals surface area (Å²) in [5.74, 6) is -0.311. The predicted octanol–water partition coefficient (Wildman–Crippen LogP) is 5.32. The Balaban J connectivity index is 2.19. The summed E-state index contributed by atoms with van der Waals surface area (Å²) in [6, 6.07) is 10.4. The lowest BCUT2D eigenvalue weighted by atomic mass is 9.93. The fourth-order valence-electron chi connectivity index (χ4n) is 4.33. The maximum absolute atomic E-state index is 13.2. The zero-order chi connectivity index (χ0) is 24.3.